The highest BCUT2D eigenvalue weighted by Gasteiger charge is 2.01. The maximum atomic E-state index is 12.8. The molecule has 0 saturated heterocycles. The van der Waals surface area contributed by atoms with Crippen LogP contribution in [0.1, 0.15) is 0 Å². The van der Waals surface area contributed by atoms with Gasteiger partial charge in [0.1, 0.15) is 5.82 Å². The highest BCUT2D eigenvalue weighted by Crippen LogP contribution is 2.25. The summed E-state index contributed by atoms with van der Waals surface area (Å²) in [5.41, 5.74) is 7.67. The molecule has 0 aliphatic rings. The first kappa shape index (κ1) is 11.0. The predicted molar refractivity (Wildman–Crippen MR) is 68.2 cm³/mol. The Kier molecular flexibility index (Phi) is 3.10. The number of nitrogens with one attached hydrogen (secondary N) is 1. The van der Waals surface area contributed by atoms with Gasteiger partial charge in [0.2, 0.25) is 0 Å². The molecule has 0 aliphatic heterocycles. The van der Waals surface area contributed by atoms with Crippen LogP contribution in [0.5, 0.6) is 0 Å². The summed E-state index contributed by atoms with van der Waals surface area (Å²) in [5, 5.41) is 3.12. The van der Waals surface area contributed by atoms with Crippen LogP contribution in [0.3, 0.4) is 0 Å². The Morgan fingerprint density at radius 1 is 1.12 bits per heavy atom. The predicted octanol–water partition coefficient (Wildman–Crippen LogP) is 3.91. The topological polar surface area (TPSA) is 38.0 Å². The number of anilines is 3. The number of nitrogens with two attached hydrogens (primary N) is 1. The van der Waals surface area contributed by atoms with Crippen LogP contribution >= 0.6 is 15.9 Å². The molecule has 0 atom stereocenters. The van der Waals surface area contributed by atoms with Crippen LogP contribution in [0.25, 0.3) is 0 Å². The number of benzene rings is 2. The van der Waals surface area contributed by atoms with E-state index in [0.29, 0.717) is 11.4 Å². The molecule has 3 N–H and O–H groups in total. The molecular weight excluding hydrogens is 271 g/mol. The van der Waals surface area contributed by atoms with Gasteiger partial charge in [-0.3, -0.25) is 0 Å². The summed E-state index contributed by atoms with van der Waals surface area (Å²) in [6, 6.07) is 11.9. The summed E-state index contributed by atoms with van der Waals surface area (Å²) >= 11 is 3.37. The molecule has 2 aromatic rings. The Labute approximate surface area is 101 Å². The van der Waals surface area contributed by atoms with Crippen molar-refractivity contribution in [2.45, 2.75) is 0 Å². The molecule has 0 saturated carbocycles. The van der Waals surface area contributed by atoms with Crippen LogP contribution in [-0.4, -0.2) is 0 Å². The highest BCUT2D eigenvalue weighted by molar-refractivity contribution is 9.10. The normalized spacial score (nSPS) is 10.1. The molecule has 2 rings (SSSR count). The van der Waals surface area contributed by atoms with E-state index >= 15 is 0 Å². The third kappa shape index (κ3) is 2.52. The van der Waals surface area contributed by atoms with E-state index < -0.39 is 0 Å². The van der Waals surface area contributed by atoms with Crippen molar-refractivity contribution in [3.63, 3.8) is 0 Å². The molecule has 0 radical (unpaired) electrons. The van der Waals surface area contributed by atoms with E-state index in [9.17, 15) is 4.39 Å². The molecule has 0 fully saturated rings. The standard InChI is InChI=1S/C12H10BrFN2/c13-8-2-1-3-10(6-8)16-12-5-4-9(14)7-11(12)15/h1-7,16H,15H2. The number of hydrogen-bond acceptors (Lipinski definition) is 2. The molecule has 0 aliphatic carbocycles. The third-order valence-electron chi connectivity index (χ3n) is 2.12. The second-order valence-electron chi connectivity index (χ2n) is 3.37. The fraction of sp³-hybridized carbons (Fsp3) is 0. The molecule has 16 heavy (non-hydrogen) atoms. The fourth-order valence-electron chi connectivity index (χ4n) is 1.37. The van der Waals surface area contributed by atoms with Gasteiger partial charge in [-0.1, -0.05) is 22.0 Å². The van der Waals surface area contributed by atoms with Crippen molar-refractivity contribution in [3.05, 3.63) is 52.8 Å². The van der Waals surface area contributed by atoms with Crippen molar-refractivity contribution in [2.75, 3.05) is 11.1 Å². The lowest BCUT2D eigenvalue weighted by molar-refractivity contribution is 0.628. The average molecular weight is 281 g/mol. The van der Waals surface area contributed by atoms with Crippen LogP contribution in [-0.2, 0) is 0 Å². The van der Waals surface area contributed by atoms with Gasteiger partial charge in [0.05, 0.1) is 11.4 Å². The van der Waals surface area contributed by atoms with Crippen LogP contribution in [0.4, 0.5) is 21.5 Å². The van der Waals surface area contributed by atoms with Crippen molar-refractivity contribution < 1.29 is 4.39 Å². The quantitative estimate of drug-likeness (QED) is 0.819. The third-order valence-corrected chi connectivity index (χ3v) is 2.61. The molecule has 0 unspecified atom stereocenters. The van der Waals surface area contributed by atoms with E-state index in [1.165, 1.54) is 12.1 Å². The number of rotatable bonds is 2. The molecule has 2 aromatic carbocycles. The monoisotopic (exact) mass is 280 g/mol. The first-order chi connectivity index (χ1) is 7.65. The minimum Gasteiger partial charge on any atom is -0.397 e. The Hall–Kier alpha value is -1.55. The van der Waals surface area contributed by atoms with Crippen molar-refractivity contribution in [1.82, 2.24) is 0 Å². The lowest BCUT2D eigenvalue weighted by Gasteiger charge is -2.09. The number of hydrogen-bond donors (Lipinski definition) is 2. The molecule has 82 valence electrons. The molecular formula is C12H10BrFN2. The Bertz CT molecular complexity index is 514. The fourth-order valence-corrected chi connectivity index (χ4v) is 1.77. The maximum Gasteiger partial charge on any atom is 0.125 e. The SMILES string of the molecule is Nc1cc(F)ccc1Nc1cccc(Br)c1. The average Bonchev–Trinajstić information content (AvgIpc) is 2.22. The summed E-state index contributed by atoms with van der Waals surface area (Å²) in [6.07, 6.45) is 0. The zero-order chi connectivity index (χ0) is 11.5. The van der Waals surface area contributed by atoms with Gasteiger partial charge in [0, 0.05) is 10.2 Å². The number of halogens is 2. The van der Waals surface area contributed by atoms with Gasteiger partial charge < -0.3 is 11.1 Å². The van der Waals surface area contributed by atoms with Gasteiger partial charge in [-0.25, -0.2) is 4.39 Å². The van der Waals surface area contributed by atoms with Gasteiger partial charge in [-0.2, -0.15) is 0 Å². The molecule has 0 amide bonds. The highest BCUT2D eigenvalue weighted by atomic mass is 79.9. The molecule has 2 nitrogen and oxygen atoms in total. The smallest absolute Gasteiger partial charge is 0.125 e. The zero-order valence-corrected chi connectivity index (χ0v) is 9.96. The lowest BCUT2D eigenvalue weighted by Crippen LogP contribution is -1.96. The van der Waals surface area contributed by atoms with Crippen LogP contribution < -0.4 is 11.1 Å². The van der Waals surface area contributed by atoms with Crippen LogP contribution in [0, 0.1) is 5.82 Å². The molecule has 0 heterocycles. The Morgan fingerprint density at radius 2 is 1.94 bits per heavy atom. The van der Waals surface area contributed by atoms with Gasteiger partial charge in [0.25, 0.3) is 0 Å². The summed E-state index contributed by atoms with van der Waals surface area (Å²) in [4.78, 5) is 0. The largest absolute Gasteiger partial charge is 0.397 e. The summed E-state index contributed by atoms with van der Waals surface area (Å²) in [6.45, 7) is 0. The van der Waals surface area contributed by atoms with E-state index in [1.807, 2.05) is 24.3 Å². The number of nitrogen functional groups attached to an aromatic ring is 1. The molecule has 0 bridgehead atoms. The van der Waals surface area contributed by atoms with Gasteiger partial charge in [-0.15, -0.1) is 0 Å². The van der Waals surface area contributed by atoms with Crippen LogP contribution in [0.2, 0.25) is 0 Å². The zero-order valence-electron chi connectivity index (χ0n) is 8.37. The van der Waals surface area contributed by atoms with Crippen molar-refractivity contribution >= 4 is 33.0 Å². The van der Waals surface area contributed by atoms with E-state index in [1.54, 1.807) is 6.07 Å². The maximum absolute atomic E-state index is 12.8. The van der Waals surface area contributed by atoms with Crippen molar-refractivity contribution in [2.24, 2.45) is 0 Å². The molecule has 4 heteroatoms. The van der Waals surface area contributed by atoms with Gasteiger partial charge in [0.15, 0.2) is 0 Å². The van der Waals surface area contributed by atoms with Gasteiger partial charge >= 0.3 is 0 Å². The summed E-state index contributed by atoms with van der Waals surface area (Å²) < 4.78 is 13.8. The summed E-state index contributed by atoms with van der Waals surface area (Å²) in [5.74, 6) is -0.336. The van der Waals surface area contributed by atoms with E-state index in [2.05, 4.69) is 21.2 Å². The Morgan fingerprint density at radius 3 is 2.62 bits per heavy atom. The minimum absolute atomic E-state index is 0.336. The lowest BCUT2D eigenvalue weighted by atomic mass is 10.2. The summed E-state index contributed by atoms with van der Waals surface area (Å²) in [7, 11) is 0. The second-order valence-corrected chi connectivity index (χ2v) is 4.28. The molecule has 0 spiro atoms. The first-order valence-corrected chi connectivity index (χ1v) is 5.52. The Balaban J connectivity index is 2.27. The van der Waals surface area contributed by atoms with E-state index in [0.717, 1.165) is 10.2 Å². The molecule has 0 aromatic heterocycles. The van der Waals surface area contributed by atoms with E-state index in [-0.39, 0.29) is 5.82 Å². The van der Waals surface area contributed by atoms with E-state index in [4.69, 9.17) is 5.73 Å². The van der Waals surface area contributed by atoms with Crippen molar-refractivity contribution in [3.8, 4) is 0 Å². The minimum atomic E-state index is -0.336. The second kappa shape index (κ2) is 4.53. The first-order valence-electron chi connectivity index (χ1n) is 4.73. The van der Waals surface area contributed by atoms with Crippen molar-refractivity contribution in [1.29, 1.82) is 0 Å². The van der Waals surface area contributed by atoms with Crippen LogP contribution in [0.15, 0.2) is 46.9 Å². The van der Waals surface area contributed by atoms with Gasteiger partial charge in [-0.05, 0) is 36.4 Å².